The van der Waals surface area contributed by atoms with Crippen molar-refractivity contribution in [2.75, 3.05) is 7.11 Å². The van der Waals surface area contributed by atoms with Gasteiger partial charge < -0.3 is 19.1 Å². The van der Waals surface area contributed by atoms with Crippen molar-refractivity contribution in [1.82, 2.24) is 5.16 Å². The fourth-order valence-electron chi connectivity index (χ4n) is 1.78. The summed E-state index contributed by atoms with van der Waals surface area (Å²) >= 11 is 3.41. The molecular formula is C14H14BrNO5. The summed E-state index contributed by atoms with van der Waals surface area (Å²) in [5.74, 6) is 0.120. The van der Waals surface area contributed by atoms with Gasteiger partial charge in [-0.15, -0.1) is 0 Å². The fraction of sp³-hybridized carbons (Fsp3) is 0.286. The third-order valence-electron chi connectivity index (χ3n) is 2.62. The number of aromatic carboxylic acids is 1. The maximum atomic E-state index is 10.9. The van der Waals surface area contributed by atoms with Crippen molar-refractivity contribution in [3.05, 3.63) is 28.4 Å². The van der Waals surface area contributed by atoms with Crippen LogP contribution in [0.15, 0.2) is 27.2 Å². The highest BCUT2D eigenvalue weighted by molar-refractivity contribution is 9.10. The molecule has 1 aromatic heterocycles. The van der Waals surface area contributed by atoms with Crippen LogP contribution < -0.4 is 9.47 Å². The maximum absolute atomic E-state index is 10.9. The van der Waals surface area contributed by atoms with E-state index in [4.69, 9.17) is 19.1 Å². The molecule has 7 heteroatoms. The summed E-state index contributed by atoms with van der Waals surface area (Å²) in [5.41, 5.74) is 0.387. The number of carboxylic acids is 1. The first-order chi connectivity index (χ1) is 9.93. The average molecular weight is 356 g/mol. The van der Waals surface area contributed by atoms with Gasteiger partial charge in [0.05, 0.1) is 18.8 Å². The number of hydrogen-bond donors (Lipinski definition) is 1. The number of carboxylic acid groups (broad SMARTS) is 1. The van der Waals surface area contributed by atoms with E-state index < -0.39 is 5.97 Å². The van der Waals surface area contributed by atoms with E-state index in [0.29, 0.717) is 21.5 Å². The Morgan fingerprint density at radius 3 is 2.67 bits per heavy atom. The van der Waals surface area contributed by atoms with Crippen LogP contribution in [0.1, 0.15) is 24.3 Å². The van der Waals surface area contributed by atoms with Crippen LogP contribution in [-0.2, 0) is 0 Å². The third-order valence-corrected chi connectivity index (χ3v) is 3.28. The number of ether oxygens (including phenoxy) is 2. The highest BCUT2D eigenvalue weighted by atomic mass is 79.9. The smallest absolute Gasteiger partial charge is 0.358 e. The molecule has 0 saturated carbocycles. The summed E-state index contributed by atoms with van der Waals surface area (Å²) in [7, 11) is 1.53. The van der Waals surface area contributed by atoms with E-state index in [1.54, 1.807) is 12.1 Å². The summed E-state index contributed by atoms with van der Waals surface area (Å²) < 4.78 is 16.9. The lowest BCUT2D eigenvalue weighted by Gasteiger charge is -2.17. The van der Waals surface area contributed by atoms with Crippen LogP contribution >= 0.6 is 15.9 Å². The standard InChI is InChI=1S/C14H14BrNO5/c1-7(2)20-13-10(19-3)5-4-8(15)12(13)11-6-9(14(17)18)16-21-11/h4-7H,1-3H3,(H,17,18). The molecule has 0 radical (unpaired) electrons. The number of halogens is 1. The molecular weight excluding hydrogens is 342 g/mol. The quantitative estimate of drug-likeness (QED) is 0.882. The van der Waals surface area contributed by atoms with Crippen molar-refractivity contribution in [3.8, 4) is 22.8 Å². The van der Waals surface area contributed by atoms with Gasteiger partial charge in [0.1, 0.15) is 0 Å². The molecule has 1 N–H and O–H groups in total. The average Bonchev–Trinajstić information content (AvgIpc) is 2.88. The van der Waals surface area contributed by atoms with Crippen LogP contribution in [0, 0.1) is 0 Å². The number of carbonyl (C=O) groups is 1. The van der Waals surface area contributed by atoms with Gasteiger partial charge in [-0.05, 0) is 41.9 Å². The second-order valence-electron chi connectivity index (χ2n) is 4.50. The Kier molecular flexibility index (Phi) is 4.52. The van der Waals surface area contributed by atoms with Gasteiger partial charge in [-0.3, -0.25) is 0 Å². The number of nitrogens with zero attached hydrogens (tertiary/aromatic N) is 1. The number of benzene rings is 1. The molecule has 0 atom stereocenters. The van der Waals surface area contributed by atoms with Gasteiger partial charge in [-0.2, -0.15) is 0 Å². The minimum Gasteiger partial charge on any atom is -0.493 e. The van der Waals surface area contributed by atoms with Crippen molar-refractivity contribution < 1.29 is 23.9 Å². The summed E-state index contributed by atoms with van der Waals surface area (Å²) in [4.78, 5) is 10.9. The molecule has 1 aromatic carbocycles. The number of hydrogen-bond acceptors (Lipinski definition) is 5. The summed E-state index contributed by atoms with van der Waals surface area (Å²) in [6.45, 7) is 3.76. The summed E-state index contributed by atoms with van der Waals surface area (Å²) in [5, 5.41) is 12.5. The normalized spacial score (nSPS) is 10.7. The molecule has 0 aliphatic carbocycles. The van der Waals surface area contributed by atoms with Gasteiger partial charge in [0.15, 0.2) is 23.0 Å². The molecule has 0 aliphatic rings. The lowest BCUT2D eigenvalue weighted by atomic mass is 10.1. The van der Waals surface area contributed by atoms with Crippen LogP contribution in [0.3, 0.4) is 0 Å². The van der Waals surface area contributed by atoms with Gasteiger partial charge in [0.25, 0.3) is 0 Å². The topological polar surface area (TPSA) is 81.8 Å². The molecule has 2 aromatic rings. The van der Waals surface area contributed by atoms with E-state index in [1.165, 1.54) is 13.2 Å². The zero-order valence-electron chi connectivity index (χ0n) is 11.7. The van der Waals surface area contributed by atoms with E-state index in [9.17, 15) is 4.79 Å². The summed E-state index contributed by atoms with van der Waals surface area (Å²) in [6.07, 6.45) is -0.0891. The Bertz CT molecular complexity index is 665. The predicted octanol–water partition coefficient (Wildman–Crippen LogP) is 3.60. The maximum Gasteiger partial charge on any atom is 0.358 e. The lowest BCUT2D eigenvalue weighted by Crippen LogP contribution is -2.08. The molecule has 0 amide bonds. The van der Waals surface area contributed by atoms with Crippen LogP contribution in [0.5, 0.6) is 11.5 Å². The van der Waals surface area contributed by atoms with E-state index in [-0.39, 0.29) is 17.6 Å². The van der Waals surface area contributed by atoms with Crippen molar-refractivity contribution >= 4 is 21.9 Å². The SMILES string of the molecule is COc1ccc(Br)c(-c2cc(C(=O)O)no2)c1OC(C)C. The molecule has 6 nitrogen and oxygen atoms in total. The Morgan fingerprint density at radius 1 is 1.43 bits per heavy atom. The van der Waals surface area contributed by atoms with Crippen LogP contribution in [0.2, 0.25) is 0 Å². The van der Waals surface area contributed by atoms with Gasteiger partial charge in [0.2, 0.25) is 0 Å². The van der Waals surface area contributed by atoms with Gasteiger partial charge >= 0.3 is 5.97 Å². The first-order valence-electron chi connectivity index (χ1n) is 6.17. The molecule has 1 heterocycles. The molecule has 0 fully saturated rings. The second kappa shape index (κ2) is 6.17. The predicted molar refractivity (Wildman–Crippen MR) is 78.9 cm³/mol. The zero-order valence-corrected chi connectivity index (χ0v) is 13.3. The highest BCUT2D eigenvalue weighted by Crippen LogP contribution is 2.43. The van der Waals surface area contributed by atoms with E-state index in [1.807, 2.05) is 13.8 Å². The third kappa shape index (κ3) is 3.18. The first kappa shape index (κ1) is 15.4. The lowest BCUT2D eigenvalue weighted by molar-refractivity contribution is 0.0686. The fourth-order valence-corrected chi connectivity index (χ4v) is 2.28. The number of rotatable bonds is 5. The van der Waals surface area contributed by atoms with Crippen molar-refractivity contribution in [2.45, 2.75) is 20.0 Å². The van der Waals surface area contributed by atoms with E-state index >= 15 is 0 Å². The minimum atomic E-state index is -1.16. The summed E-state index contributed by atoms with van der Waals surface area (Å²) in [6, 6.07) is 4.86. The molecule has 2 rings (SSSR count). The Labute approximate surface area is 129 Å². The van der Waals surface area contributed by atoms with Crippen molar-refractivity contribution in [3.63, 3.8) is 0 Å². The molecule has 112 valence electrons. The van der Waals surface area contributed by atoms with E-state index in [2.05, 4.69) is 21.1 Å². The monoisotopic (exact) mass is 355 g/mol. The number of aromatic nitrogens is 1. The Morgan fingerprint density at radius 2 is 2.14 bits per heavy atom. The van der Waals surface area contributed by atoms with Crippen LogP contribution in [0.4, 0.5) is 0 Å². The molecule has 21 heavy (non-hydrogen) atoms. The molecule has 0 bridgehead atoms. The highest BCUT2D eigenvalue weighted by Gasteiger charge is 2.22. The van der Waals surface area contributed by atoms with Gasteiger partial charge in [0, 0.05) is 10.5 Å². The van der Waals surface area contributed by atoms with Crippen LogP contribution in [-0.4, -0.2) is 29.4 Å². The molecule has 0 spiro atoms. The minimum absolute atomic E-state index is 0.0891. The van der Waals surface area contributed by atoms with Crippen LogP contribution in [0.25, 0.3) is 11.3 Å². The molecule has 0 unspecified atom stereocenters. The largest absolute Gasteiger partial charge is 0.493 e. The Balaban J connectivity index is 2.61. The van der Waals surface area contributed by atoms with Gasteiger partial charge in [-0.25, -0.2) is 4.79 Å². The van der Waals surface area contributed by atoms with Crippen molar-refractivity contribution in [1.29, 1.82) is 0 Å². The molecule has 0 aliphatic heterocycles. The van der Waals surface area contributed by atoms with Crippen molar-refractivity contribution in [2.24, 2.45) is 0 Å². The number of methoxy groups -OCH3 is 1. The zero-order chi connectivity index (χ0) is 15.6. The van der Waals surface area contributed by atoms with E-state index in [0.717, 1.165) is 0 Å². The van der Waals surface area contributed by atoms with Gasteiger partial charge in [-0.1, -0.05) is 5.16 Å². The Hall–Kier alpha value is -2.02. The second-order valence-corrected chi connectivity index (χ2v) is 5.36. The molecule has 0 saturated heterocycles. The first-order valence-corrected chi connectivity index (χ1v) is 6.96.